The molecule has 0 aliphatic carbocycles. The number of hydrogen-bond acceptors (Lipinski definition) is 2. The number of aryl methyl sites for hydroxylation is 1. The van der Waals surface area contributed by atoms with Crippen LogP contribution in [0.25, 0.3) is 0 Å². The molecule has 0 saturated carbocycles. The van der Waals surface area contributed by atoms with Crippen LogP contribution in [0.2, 0.25) is 0 Å². The van der Waals surface area contributed by atoms with E-state index in [4.69, 9.17) is 5.11 Å². The van der Waals surface area contributed by atoms with Crippen molar-refractivity contribution in [1.82, 2.24) is 4.90 Å². The zero-order chi connectivity index (χ0) is 12.3. The molecule has 1 amide bonds. The number of aliphatic hydroxyl groups excluding tert-OH is 1. The first kappa shape index (κ1) is 12.6. The number of carbonyl (C=O) groups is 1. The normalized spacial score (nSPS) is 15.8. The minimum Gasteiger partial charge on any atom is -0.389 e. The first-order valence-electron chi connectivity index (χ1n) is 5.86. The van der Waals surface area contributed by atoms with Crippen molar-refractivity contribution in [2.24, 2.45) is 0 Å². The minimum absolute atomic E-state index is 0.155. The van der Waals surface area contributed by atoms with Gasteiger partial charge in [-0.25, -0.2) is 0 Å². The van der Waals surface area contributed by atoms with Gasteiger partial charge in [0.15, 0.2) is 0 Å². The molecule has 92 valence electrons. The van der Waals surface area contributed by atoms with Crippen molar-refractivity contribution in [3.05, 3.63) is 34.3 Å². The lowest BCUT2D eigenvalue weighted by atomic mass is 10.1. The highest BCUT2D eigenvalue weighted by Crippen LogP contribution is 2.18. The van der Waals surface area contributed by atoms with E-state index in [9.17, 15) is 4.79 Å². The number of amides is 1. The smallest absolute Gasteiger partial charge is 0.222 e. The SMILES string of the molecule is O=C(CCCc1ccccc1Br)N1CC(O)C1. The third-order valence-corrected chi connectivity index (χ3v) is 3.78. The highest BCUT2D eigenvalue weighted by molar-refractivity contribution is 9.10. The summed E-state index contributed by atoms with van der Waals surface area (Å²) in [4.78, 5) is 13.4. The summed E-state index contributed by atoms with van der Waals surface area (Å²) in [6.45, 7) is 1.02. The number of halogens is 1. The average molecular weight is 298 g/mol. The van der Waals surface area contributed by atoms with Crippen molar-refractivity contribution in [2.75, 3.05) is 13.1 Å². The number of hydrogen-bond donors (Lipinski definition) is 1. The molecule has 17 heavy (non-hydrogen) atoms. The van der Waals surface area contributed by atoms with Gasteiger partial charge in [-0.1, -0.05) is 34.1 Å². The molecule has 0 atom stereocenters. The van der Waals surface area contributed by atoms with E-state index in [1.807, 2.05) is 18.2 Å². The Morgan fingerprint density at radius 3 is 2.76 bits per heavy atom. The predicted octanol–water partition coefficient (Wildman–Crippen LogP) is 1.97. The Labute approximate surface area is 110 Å². The second kappa shape index (κ2) is 5.65. The molecule has 0 spiro atoms. The average Bonchev–Trinajstić information content (AvgIpc) is 2.27. The van der Waals surface area contributed by atoms with E-state index in [0.717, 1.165) is 17.3 Å². The Morgan fingerprint density at radius 1 is 1.41 bits per heavy atom. The van der Waals surface area contributed by atoms with Crippen LogP contribution >= 0.6 is 15.9 Å². The molecule has 4 heteroatoms. The van der Waals surface area contributed by atoms with Gasteiger partial charge in [-0.3, -0.25) is 4.79 Å². The molecule has 1 fully saturated rings. The Bertz CT molecular complexity index is 402. The van der Waals surface area contributed by atoms with Crippen LogP contribution in [-0.4, -0.2) is 35.1 Å². The zero-order valence-electron chi connectivity index (χ0n) is 9.60. The van der Waals surface area contributed by atoms with Crippen LogP contribution in [0.1, 0.15) is 18.4 Å². The van der Waals surface area contributed by atoms with Gasteiger partial charge < -0.3 is 10.0 Å². The number of rotatable bonds is 4. The van der Waals surface area contributed by atoms with Crippen LogP contribution in [0.15, 0.2) is 28.7 Å². The molecule has 1 saturated heterocycles. The first-order chi connectivity index (χ1) is 8.16. The van der Waals surface area contributed by atoms with Crippen LogP contribution in [0, 0.1) is 0 Å². The number of carbonyl (C=O) groups excluding carboxylic acids is 1. The highest BCUT2D eigenvalue weighted by atomic mass is 79.9. The molecule has 1 aliphatic rings. The Hall–Kier alpha value is -0.870. The maximum atomic E-state index is 11.6. The van der Waals surface area contributed by atoms with E-state index >= 15 is 0 Å². The molecule has 1 aromatic carbocycles. The number of nitrogens with zero attached hydrogens (tertiary/aromatic N) is 1. The van der Waals surface area contributed by atoms with Gasteiger partial charge in [-0.05, 0) is 24.5 Å². The van der Waals surface area contributed by atoms with E-state index in [1.54, 1.807) is 4.90 Å². The van der Waals surface area contributed by atoms with E-state index < -0.39 is 0 Å². The van der Waals surface area contributed by atoms with Crippen molar-refractivity contribution in [3.8, 4) is 0 Å². The van der Waals surface area contributed by atoms with Gasteiger partial charge in [0.05, 0.1) is 6.10 Å². The third kappa shape index (κ3) is 3.30. The molecule has 0 aromatic heterocycles. The summed E-state index contributed by atoms with van der Waals surface area (Å²) in [5.41, 5.74) is 1.24. The van der Waals surface area contributed by atoms with E-state index in [-0.39, 0.29) is 12.0 Å². The minimum atomic E-state index is -0.304. The quantitative estimate of drug-likeness (QED) is 0.923. The number of benzene rings is 1. The van der Waals surface area contributed by atoms with Crippen LogP contribution in [0.4, 0.5) is 0 Å². The molecule has 2 rings (SSSR count). The monoisotopic (exact) mass is 297 g/mol. The molecule has 1 heterocycles. The summed E-state index contributed by atoms with van der Waals surface area (Å²) in [7, 11) is 0. The summed E-state index contributed by atoms with van der Waals surface area (Å²) >= 11 is 3.50. The van der Waals surface area contributed by atoms with Crippen molar-refractivity contribution >= 4 is 21.8 Å². The Morgan fingerprint density at radius 2 is 2.12 bits per heavy atom. The van der Waals surface area contributed by atoms with E-state index in [2.05, 4.69) is 22.0 Å². The maximum absolute atomic E-state index is 11.6. The van der Waals surface area contributed by atoms with Gasteiger partial charge in [-0.2, -0.15) is 0 Å². The molecule has 0 unspecified atom stereocenters. The van der Waals surface area contributed by atoms with Gasteiger partial charge in [0, 0.05) is 24.0 Å². The van der Waals surface area contributed by atoms with E-state index in [1.165, 1.54) is 5.56 Å². The van der Waals surface area contributed by atoms with Gasteiger partial charge in [0.1, 0.15) is 0 Å². The van der Waals surface area contributed by atoms with Crippen molar-refractivity contribution < 1.29 is 9.90 Å². The lowest BCUT2D eigenvalue weighted by molar-refractivity contribution is -0.141. The summed E-state index contributed by atoms with van der Waals surface area (Å²) in [5.74, 6) is 0.155. The standard InChI is InChI=1S/C13H16BrNO2/c14-12-6-2-1-4-10(12)5-3-7-13(17)15-8-11(16)9-15/h1-2,4,6,11,16H,3,5,7-9H2. The molecule has 1 N–H and O–H groups in total. The molecule has 0 bridgehead atoms. The topological polar surface area (TPSA) is 40.5 Å². The van der Waals surface area contributed by atoms with Gasteiger partial charge >= 0.3 is 0 Å². The maximum Gasteiger partial charge on any atom is 0.222 e. The van der Waals surface area contributed by atoms with Crippen LogP contribution in [-0.2, 0) is 11.2 Å². The lowest BCUT2D eigenvalue weighted by Crippen LogP contribution is -2.53. The third-order valence-electron chi connectivity index (χ3n) is 3.01. The lowest BCUT2D eigenvalue weighted by Gasteiger charge is -2.35. The van der Waals surface area contributed by atoms with Gasteiger partial charge in [0.25, 0.3) is 0 Å². The second-order valence-corrected chi connectivity index (χ2v) is 5.25. The molecular formula is C13H16BrNO2. The Balaban J connectivity index is 1.73. The summed E-state index contributed by atoms with van der Waals surface area (Å²) < 4.78 is 1.10. The number of β-amino-alcohol motifs (C(OH)–C–C–N with tert-alkyl or cyclic N) is 1. The molecule has 0 radical (unpaired) electrons. The number of aliphatic hydroxyl groups is 1. The van der Waals surface area contributed by atoms with Crippen molar-refractivity contribution in [3.63, 3.8) is 0 Å². The summed E-state index contributed by atoms with van der Waals surface area (Å²) in [6.07, 6.45) is 2.02. The second-order valence-electron chi connectivity index (χ2n) is 4.40. The van der Waals surface area contributed by atoms with Crippen LogP contribution < -0.4 is 0 Å². The fraction of sp³-hybridized carbons (Fsp3) is 0.462. The first-order valence-corrected chi connectivity index (χ1v) is 6.65. The van der Waals surface area contributed by atoms with Crippen molar-refractivity contribution in [2.45, 2.75) is 25.4 Å². The summed E-state index contributed by atoms with van der Waals surface area (Å²) in [6, 6.07) is 8.08. The highest BCUT2D eigenvalue weighted by Gasteiger charge is 2.27. The van der Waals surface area contributed by atoms with Crippen LogP contribution in [0.5, 0.6) is 0 Å². The zero-order valence-corrected chi connectivity index (χ0v) is 11.2. The Kier molecular flexibility index (Phi) is 4.18. The fourth-order valence-corrected chi connectivity index (χ4v) is 2.43. The predicted molar refractivity (Wildman–Crippen MR) is 69.7 cm³/mol. The number of likely N-dealkylation sites (tertiary alicyclic amines) is 1. The largest absolute Gasteiger partial charge is 0.389 e. The van der Waals surface area contributed by atoms with Gasteiger partial charge in [-0.15, -0.1) is 0 Å². The summed E-state index contributed by atoms with van der Waals surface area (Å²) in [5, 5.41) is 9.11. The molecule has 1 aliphatic heterocycles. The molecule has 1 aromatic rings. The van der Waals surface area contributed by atoms with E-state index in [0.29, 0.717) is 19.5 Å². The van der Waals surface area contributed by atoms with Gasteiger partial charge in [0.2, 0.25) is 5.91 Å². The van der Waals surface area contributed by atoms with Crippen molar-refractivity contribution in [1.29, 1.82) is 0 Å². The molecular weight excluding hydrogens is 282 g/mol. The molecule has 3 nitrogen and oxygen atoms in total. The fourth-order valence-electron chi connectivity index (χ4n) is 1.95. The van der Waals surface area contributed by atoms with Crippen LogP contribution in [0.3, 0.4) is 0 Å².